The van der Waals surface area contributed by atoms with Crippen LogP contribution in [-0.2, 0) is 10.0 Å². The number of carbonyl (C=O) groups is 1. The third-order valence-electron chi connectivity index (χ3n) is 4.11. The van der Waals surface area contributed by atoms with Crippen molar-refractivity contribution >= 4 is 16.1 Å². The zero-order valence-corrected chi connectivity index (χ0v) is 11.6. The lowest BCUT2D eigenvalue weighted by Crippen LogP contribution is -2.47. The first-order chi connectivity index (χ1) is 8.49. The summed E-state index contributed by atoms with van der Waals surface area (Å²) in [7, 11) is -3.51. The van der Waals surface area contributed by atoms with Gasteiger partial charge in [0.2, 0.25) is 10.0 Å². The molecule has 0 aromatic heterocycles. The van der Waals surface area contributed by atoms with Crippen molar-refractivity contribution < 1.29 is 13.2 Å². The van der Waals surface area contributed by atoms with Crippen LogP contribution < -0.4 is 10.0 Å². The van der Waals surface area contributed by atoms with E-state index in [1.165, 1.54) is 0 Å². The molecule has 6 heteroatoms. The summed E-state index contributed by atoms with van der Waals surface area (Å²) in [5.41, 5.74) is 0. The topological polar surface area (TPSA) is 75.3 Å². The summed E-state index contributed by atoms with van der Waals surface area (Å²) in [6.45, 7) is 1.94. The third kappa shape index (κ3) is 3.16. The molecule has 0 aromatic rings. The third-order valence-corrected chi connectivity index (χ3v) is 6.07. The summed E-state index contributed by atoms with van der Waals surface area (Å²) in [4.78, 5) is 11.7. The summed E-state index contributed by atoms with van der Waals surface area (Å²) in [6, 6.07) is -0.415. The second-order valence-electron chi connectivity index (χ2n) is 5.55. The average Bonchev–Trinajstić information content (AvgIpc) is 2.88. The summed E-state index contributed by atoms with van der Waals surface area (Å²) >= 11 is 0. The molecule has 2 unspecified atom stereocenters. The minimum Gasteiger partial charge on any atom is -0.335 e. The fraction of sp³-hybridized carbons (Fsp3) is 0.917. The first kappa shape index (κ1) is 13.6. The van der Waals surface area contributed by atoms with E-state index in [2.05, 4.69) is 10.0 Å². The number of sulfonamides is 1. The quantitative estimate of drug-likeness (QED) is 0.823. The van der Waals surface area contributed by atoms with Crippen LogP contribution in [0.2, 0.25) is 0 Å². The Morgan fingerprint density at radius 3 is 2.28 bits per heavy atom. The first-order valence-electron chi connectivity index (χ1n) is 6.81. The largest absolute Gasteiger partial charge is 0.335 e. The van der Waals surface area contributed by atoms with E-state index >= 15 is 0 Å². The van der Waals surface area contributed by atoms with Crippen LogP contribution in [0, 0.1) is 5.92 Å². The van der Waals surface area contributed by atoms with E-state index < -0.39 is 21.3 Å². The van der Waals surface area contributed by atoms with Crippen molar-refractivity contribution in [2.75, 3.05) is 0 Å². The highest BCUT2D eigenvalue weighted by Gasteiger charge is 2.36. The standard InChI is InChI=1S/C12H22N2O3S/c1-9-5-4-8-11(9)18(16,17)14-12(15)13-10-6-2-3-7-10/h9-11H,2-8H2,1H3,(H2,13,14,15). The van der Waals surface area contributed by atoms with Gasteiger partial charge in [0, 0.05) is 6.04 Å². The number of amides is 2. The molecule has 0 aromatic carbocycles. The maximum atomic E-state index is 12.1. The normalized spacial score (nSPS) is 29.4. The monoisotopic (exact) mass is 274 g/mol. The molecular formula is C12H22N2O3S. The molecule has 18 heavy (non-hydrogen) atoms. The molecule has 2 N–H and O–H groups in total. The van der Waals surface area contributed by atoms with Crippen LogP contribution in [0.1, 0.15) is 51.9 Å². The van der Waals surface area contributed by atoms with Crippen molar-refractivity contribution in [2.24, 2.45) is 5.92 Å². The molecule has 104 valence electrons. The van der Waals surface area contributed by atoms with Gasteiger partial charge < -0.3 is 5.32 Å². The predicted molar refractivity (Wildman–Crippen MR) is 69.6 cm³/mol. The number of hydrogen-bond acceptors (Lipinski definition) is 3. The van der Waals surface area contributed by atoms with Gasteiger partial charge in [-0.3, -0.25) is 0 Å². The molecule has 2 rings (SSSR count). The number of nitrogens with one attached hydrogen (secondary N) is 2. The minimum atomic E-state index is -3.51. The lowest BCUT2D eigenvalue weighted by Gasteiger charge is -2.18. The smallest absolute Gasteiger partial charge is 0.328 e. The fourth-order valence-electron chi connectivity index (χ4n) is 3.06. The molecule has 2 atom stereocenters. The maximum absolute atomic E-state index is 12.1. The Morgan fingerprint density at radius 2 is 1.72 bits per heavy atom. The van der Waals surface area contributed by atoms with E-state index in [4.69, 9.17) is 0 Å². The molecule has 0 spiro atoms. The number of carbonyl (C=O) groups excluding carboxylic acids is 1. The molecule has 0 heterocycles. The zero-order valence-electron chi connectivity index (χ0n) is 10.8. The Morgan fingerprint density at radius 1 is 1.06 bits per heavy atom. The van der Waals surface area contributed by atoms with Crippen LogP contribution in [-0.4, -0.2) is 25.7 Å². The van der Waals surface area contributed by atoms with Gasteiger partial charge in [0.1, 0.15) is 0 Å². The Hall–Kier alpha value is -0.780. The van der Waals surface area contributed by atoms with Crippen molar-refractivity contribution in [1.82, 2.24) is 10.0 Å². The predicted octanol–water partition coefficient (Wildman–Crippen LogP) is 1.75. The van der Waals surface area contributed by atoms with Crippen molar-refractivity contribution in [1.29, 1.82) is 0 Å². The first-order valence-corrected chi connectivity index (χ1v) is 8.36. The second kappa shape index (κ2) is 5.47. The summed E-state index contributed by atoms with van der Waals surface area (Å²) in [5.74, 6) is 0.141. The summed E-state index contributed by atoms with van der Waals surface area (Å²) in [5, 5.41) is 2.33. The fourth-order valence-corrected chi connectivity index (χ4v) is 4.76. The van der Waals surface area contributed by atoms with Crippen LogP contribution in [0.4, 0.5) is 4.79 Å². The van der Waals surface area contributed by atoms with Crippen LogP contribution in [0.3, 0.4) is 0 Å². The van der Waals surface area contributed by atoms with Crippen LogP contribution in [0.5, 0.6) is 0 Å². The minimum absolute atomic E-state index is 0.140. The van der Waals surface area contributed by atoms with E-state index in [1.807, 2.05) is 6.92 Å². The summed E-state index contributed by atoms with van der Waals surface area (Å²) < 4.78 is 26.3. The second-order valence-corrected chi connectivity index (χ2v) is 7.45. The molecule has 0 saturated heterocycles. The zero-order chi connectivity index (χ0) is 13.2. The SMILES string of the molecule is CC1CCCC1S(=O)(=O)NC(=O)NC1CCCC1. The van der Waals surface area contributed by atoms with Gasteiger partial charge in [-0.05, 0) is 31.6 Å². The molecule has 0 radical (unpaired) electrons. The molecule has 0 bridgehead atoms. The van der Waals surface area contributed by atoms with Gasteiger partial charge >= 0.3 is 6.03 Å². The summed E-state index contributed by atoms with van der Waals surface area (Å²) in [6.07, 6.45) is 6.63. The van der Waals surface area contributed by atoms with E-state index in [0.29, 0.717) is 6.42 Å². The molecule has 2 amide bonds. The molecule has 2 aliphatic rings. The van der Waals surface area contributed by atoms with Gasteiger partial charge in [0.05, 0.1) is 5.25 Å². The van der Waals surface area contributed by atoms with E-state index in [1.54, 1.807) is 0 Å². The van der Waals surface area contributed by atoms with Crippen molar-refractivity contribution in [3.8, 4) is 0 Å². The molecule has 2 aliphatic carbocycles. The van der Waals surface area contributed by atoms with Gasteiger partial charge in [0.15, 0.2) is 0 Å². The lowest BCUT2D eigenvalue weighted by atomic mass is 10.1. The van der Waals surface area contributed by atoms with Crippen LogP contribution in [0.15, 0.2) is 0 Å². The Bertz CT molecular complexity index is 402. The van der Waals surface area contributed by atoms with E-state index in [-0.39, 0.29) is 12.0 Å². The lowest BCUT2D eigenvalue weighted by molar-refractivity contribution is 0.242. The molecule has 5 nitrogen and oxygen atoms in total. The molecule has 0 aliphatic heterocycles. The number of rotatable bonds is 3. The highest BCUT2D eigenvalue weighted by molar-refractivity contribution is 7.90. The van der Waals surface area contributed by atoms with Gasteiger partial charge in [0.25, 0.3) is 0 Å². The number of hydrogen-bond donors (Lipinski definition) is 2. The van der Waals surface area contributed by atoms with Crippen LogP contribution >= 0.6 is 0 Å². The van der Waals surface area contributed by atoms with E-state index in [9.17, 15) is 13.2 Å². The van der Waals surface area contributed by atoms with Gasteiger partial charge in [-0.25, -0.2) is 17.9 Å². The average molecular weight is 274 g/mol. The number of urea groups is 1. The van der Waals surface area contributed by atoms with Crippen molar-refractivity contribution in [2.45, 2.75) is 63.2 Å². The molecular weight excluding hydrogens is 252 g/mol. The van der Waals surface area contributed by atoms with Gasteiger partial charge in [-0.1, -0.05) is 26.2 Å². The van der Waals surface area contributed by atoms with Crippen molar-refractivity contribution in [3.05, 3.63) is 0 Å². The van der Waals surface area contributed by atoms with Gasteiger partial charge in [-0.15, -0.1) is 0 Å². The highest BCUT2D eigenvalue weighted by atomic mass is 32.2. The molecule has 2 saturated carbocycles. The van der Waals surface area contributed by atoms with Crippen molar-refractivity contribution in [3.63, 3.8) is 0 Å². The Kier molecular flexibility index (Phi) is 4.14. The maximum Gasteiger partial charge on any atom is 0.328 e. The Labute approximate surface area is 109 Å². The highest BCUT2D eigenvalue weighted by Crippen LogP contribution is 2.30. The van der Waals surface area contributed by atoms with Gasteiger partial charge in [-0.2, -0.15) is 0 Å². The van der Waals surface area contributed by atoms with E-state index in [0.717, 1.165) is 38.5 Å². The Balaban J connectivity index is 1.88. The molecule has 2 fully saturated rings. The van der Waals surface area contributed by atoms with Crippen LogP contribution in [0.25, 0.3) is 0 Å².